The minimum atomic E-state index is -4.55. The normalized spacial score (nSPS) is 18.7. The molecule has 1 aliphatic rings. The van der Waals surface area contributed by atoms with Crippen molar-refractivity contribution in [2.45, 2.75) is 43.9 Å². The van der Waals surface area contributed by atoms with Crippen LogP contribution in [0.3, 0.4) is 0 Å². The van der Waals surface area contributed by atoms with E-state index in [1.165, 1.54) is 12.1 Å². The van der Waals surface area contributed by atoms with Gasteiger partial charge in [0.2, 0.25) is 0 Å². The molecule has 3 aromatic rings. The van der Waals surface area contributed by atoms with Crippen molar-refractivity contribution in [3.8, 4) is 5.75 Å². The van der Waals surface area contributed by atoms with Crippen LogP contribution in [0.5, 0.6) is 5.75 Å². The summed E-state index contributed by atoms with van der Waals surface area (Å²) in [6.07, 6.45) is -1.70. The predicted molar refractivity (Wildman–Crippen MR) is 122 cm³/mol. The van der Waals surface area contributed by atoms with Gasteiger partial charge in [-0.05, 0) is 74.2 Å². The maximum Gasteiger partial charge on any atom is 0.433 e. The molecule has 1 heterocycles. The number of alkyl halides is 3. The minimum absolute atomic E-state index is 0.00650. The standard InChI is InChI=1S/C24H23ClF3N3O2/c1-33-18-9-2-14(3-10-18)23(32)30-17-7-5-16(6-8-17)29-21-13-22(24(26,27)28)31-20-11-4-15(25)12-19(20)21/h2-4,9-13,16-17H,5-8H2,1H3,(H,29,31)(H,30,32). The fourth-order valence-electron chi connectivity index (χ4n) is 4.08. The van der Waals surface area contributed by atoms with Gasteiger partial charge in [0.25, 0.3) is 5.91 Å². The molecule has 0 saturated heterocycles. The molecule has 0 spiro atoms. The van der Waals surface area contributed by atoms with E-state index in [0.29, 0.717) is 40.3 Å². The van der Waals surface area contributed by atoms with E-state index in [-0.39, 0.29) is 23.5 Å². The average molecular weight is 478 g/mol. The number of fused-ring (bicyclic) bond motifs is 1. The number of aromatic nitrogens is 1. The highest BCUT2D eigenvalue weighted by Crippen LogP contribution is 2.35. The van der Waals surface area contributed by atoms with Crippen LogP contribution in [0.4, 0.5) is 18.9 Å². The molecule has 1 saturated carbocycles. The van der Waals surface area contributed by atoms with Crippen LogP contribution in [-0.4, -0.2) is 30.1 Å². The summed E-state index contributed by atoms with van der Waals surface area (Å²) in [4.78, 5) is 16.2. The quantitative estimate of drug-likeness (QED) is 0.468. The number of pyridine rings is 1. The van der Waals surface area contributed by atoms with Crippen LogP contribution in [-0.2, 0) is 6.18 Å². The maximum absolute atomic E-state index is 13.3. The molecule has 1 aromatic heterocycles. The molecule has 1 aliphatic carbocycles. The second-order valence-corrected chi connectivity index (χ2v) is 8.55. The van der Waals surface area contributed by atoms with Crippen LogP contribution >= 0.6 is 11.6 Å². The van der Waals surface area contributed by atoms with Gasteiger partial charge in [-0.2, -0.15) is 13.2 Å². The second-order valence-electron chi connectivity index (χ2n) is 8.11. The number of ether oxygens (including phenoxy) is 1. The van der Waals surface area contributed by atoms with Gasteiger partial charge in [-0.15, -0.1) is 0 Å². The molecule has 1 fully saturated rings. The van der Waals surface area contributed by atoms with Crippen molar-refractivity contribution < 1.29 is 22.7 Å². The Labute approximate surface area is 194 Å². The van der Waals surface area contributed by atoms with E-state index in [0.717, 1.165) is 18.9 Å². The number of nitrogens with one attached hydrogen (secondary N) is 2. The SMILES string of the molecule is COc1ccc(C(=O)NC2CCC(Nc3cc(C(F)(F)F)nc4ccc(Cl)cc34)CC2)cc1. The smallest absolute Gasteiger partial charge is 0.433 e. The van der Waals surface area contributed by atoms with Crippen molar-refractivity contribution in [2.24, 2.45) is 0 Å². The first kappa shape index (κ1) is 23.2. The lowest BCUT2D eigenvalue weighted by atomic mass is 9.90. The molecule has 0 bridgehead atoms. The molecular weight excluding hydrogens is 455 g/mol. The van der Waals surface area contributed by atoms with Crippen LogP contribution in [0.1, 0.15) is 41.7 Å². The van der Waals surface area contributed by atoms with Gasteiger partial charge >= 0.3 is 6.18 Å². The Morgan fingerprint density at radius 2 is 1.70 bits per heavy atom. The van der Waals surface area contributed by atoms with E-state index >= 15 is 0 Å². The number of hydrogen-bond acceptors (Lipinski definition) is 4. The Morgan fingerprint density at radius 3 is 2.33 bits per heavy atom. The average Bonchev–Trinajstić information content (AvgIpc) is 2.80. The lowest BCUT2D eigenvalue weighted by Gasteiger charge is -2.30. The number of nitrogens with zero attached hydrogens (tertiary/aromatic N) is 1. The van der Waals surface area contributed by atoms with Gasteiger partial charge in [-0.25, -0.2) is 4.98 Å². The van der Waals surface area contributed by atoms with Crippen LogP contribution in [0.15, 0.2) is 48.5 Å². The summed E-state index contributed by atoms with van der Waals surface area (Å²) in [5.74, 6) is 0.524. The summed E-state index contributed by atoms with van der Waals surface area (Å²) in [7, 11) is 1.56. The number of rotatable bonds is 5. The first-order chi connectivity index (χ1) is 15.7. The molecule has 4 rings (SSSR count). The number of carbonyl (C=O) groups excluding carboxylic acids is 1. The predicted octanol–water partition coefficient (Wildman–Crippen LogP) is 6.07. The second kappa shape index (κ2) is 9.47. The van der Waals surface area contributed by atoms with Crippen molar-refractivity contribution >= 4 is 34.1 Å². The van der Waals surface area contributed by atoms with Crippen LogP contribution in [0.25, 0.3) is 10.9 Å². The first-order valence-corrected chi connectivity index (χ1v) is 11.0. The fraction of sp³-hybridized carbons (Fsp3) is 0.333. The number of amides is 1. The highest BCUT2D eigenvalue weighted by atomic mass is 35.5. The molecule has 5 nitrogen and oxygen atoms in total. The summed E-state index contributed by atoms with van der Waals surface area (Å²) in [6, 6.07) is 12.5. The number of benzene rings is 2. The van der Waals surface area contributed by atoms with Gasteiger partial charge in [0.15, 0.2) is 0 Å². The van der Waals surface area contributed by atoms with Crippen molar-refractivity contribution in [2.75, 3.05) is 12.4 Å². The van der Waals surface area contributed by atoms with E-state index in [9.17, 15) is 18.0 Å². The highest BCUT2D eigenvalue weighted by Gasteiger charge is 2.34. The van der Waals surface area contributed by atoms with E-state index in [2.05, 4.69) is 15.6 Å². The molecule has 174 valence electrons. The first-order valence-electron chi connectivity index (χ1n) is 10.6. The Kier molecular flexibility index (Phi) is 6.65. The number of anilines is 1. The van der Waals surface area contributed by atoms with Crippen LogP contribution < -0.4 is 15.4 Å². The topological polar surface area (TPSA) is 63.2 Å². The zero-order valence-electron chi connectivity index (χ0n) is 17.9. The molecular formula is C24H23ClF3N3O2. The maximum atomic E-state index is 13.3. The zero-order valence-corrected chi connectivity index (χ0v) is 18.6. The Balaban J connectivity index is 1.42. The largest absolute Gasteiger partial charge is 0.497 e. The van der Waals surface area contributed by atoms with Crippen LogP contribution in [0, 0.1) is 0 Å². The summed E-state index contributed by atoms with van der Waals surface area (Å²) in [5, 5.41) is 7.27. The summed E-state index contributed by atoms with van der Waals surface area (Å²) in [6.45, 7) is 0. The fourth-order valence-corrected chi connectivity index (χ4v) is 4.25. The number of halogens is 4. The number of carbonyl (C=O) groups is 1. The van der Waals surface area contributed by atoms with E-state index in [1.54, 1.807) is 37.4 Å². The minimum Gasteiger partial charge on any atom is -0.497 e. The van der Waals surface area contributed by atoms with E-state index < -0.39 is 11.9 Å². The van der Waals surface area contributed by atoms with Gasteiger partial charge in [0.1, 0.15) is 11.4 Å². The molecule has 2 N–H and O–H groups in total. The van der Waals surface area contributed by atoms with Crippen LogP contribution in [0.2, 0.25) is 5.02 Å². The van der Waals surface area contributed by atoms with Crippen molar-refractivity contribution in [3.63, 3.8) is 0 Å². The van der Waals surface area contributed by atoms with Gasteiger partial charge in [-0.3, -0.25) is 4.79 Å². The van der Waals surface area contributed by atoms with Gasteiger partial charge in [0.05, 0.1) is 12.6 Å². The third kappa shape index (κ3) is 5.50. The summed E-state index contributed by atoms with van der Waals surface area (Å²) in [5.41, 5.74) is 0.203. The molecule has 0 aliphatic heterocycles. The van der Waals surface area contributed by atoms with Crippen molar-refractivity contribution in [1.29, 1.82) is 0 Å². The summed E-state index contributed by atoms with van der Waals surface area (Å²) < 4.78 is 45.1. The van der Waals surface area contributed by atoms with Gasteiger partial charge in [-0.1, -0.05) is 11.6 Å². The molecule has 33 heavy (non-hydrogen) atoms. The Morgan fingerprint density at radius 1 is 1.03 bits per heavy atom. The molecule has 0 atom stereocenters. The molecule has 2 aromatic carbocycles. The van der Waals surface area contributed by atoms with Crippen molar-refractivity contribution in [3.05, 3.63) is 64.8 Å². The number of methoxy groups -OCH3 is 1. The van der Waals surface area contributed by atoms with E-state index in [1.807, 2.05) is 0 Å². The van der Waals surface area contributed by atoms with E-state index in [4.69, 9.17) is 16.3 Å². The number of hydrogen-bond donors (Lipinski definition) is 2. The molecule has 9 heteroatoms. The van der Waals surface area contributed by atoms with Gasteiger partial charge < -0.3 is 15.4 Å². The summed E-state index contributed by atoms with van der Waals surface area (Å²) >= 11 is 6.07. The zero-order chi connectivity index (χ0) is 23.6. The lowest BCUT2D eigenvalue weighted by Crippen LogP contribution is -2.40. The Hall–Kier alpha value is -3.00. The lowest BCUT2D eigenvalue weighted by molar-refractivity contribution is -0.140. The third-order valence-corrected chi connectivity index (χ3v) is 6.07. The molecule has 1 amide bonds. The monoisotopic (exact) mass is 477 g/mol. The highest BCUT2D eigenvalue weighted by molar-refractivity contribution is 6.31. The van der Waals surface area contributed by atoms with Gasteiger partial charge in [0, 0.05) is 33.7 Å². The molecule has 0 radical (unpaired) electrons. The third-order valence-electron chi connectivity index (χ3n) is 5.84. The van der Waals surface area contributed by atoms with Crippen molar-refractivity contribution in [1.82, 2.24) is 10.3 Å². The Bertz CT molecular complexity index is 1140. The molecule has 0 unspecified atom stereocenters.